The maximum atomic E-state index is 14.2. The van der Waals surface area contributed by atoms with Crippen molar-refractivity contribution in [1.82, 2.24) is 60.6 Å². The second kappa shape index (κ2) is 41.2. The predicted molar refractivity (Wildman–Crippen MR) is 479 cm³/mol. The van der Waals surface area contributed by atoms with Gasteiger partial charge in [0.1, 0.15) is 88.6 Å². The number of methoxy groups -OCH3 is 3. The van der Waals surface area contributed by atoms with Crippen molar-refractivity contribution in [3.63, 3.8) is 0 Å². The van der Waals surface area contributed by atoms with Gasteiger partial charge >= 0.3 is 18.3 Å². The van der Waals surface area contributed by atoms with Crippen LogP contribution in [0.2, 0.25) is 0 Å². The molecule has 711 valence electrons. The number of nitrogens with zero attached hydrogens (tertiary/aromatic N) is 9. The molecule has 3 N–H and O–H groups in total. The summed E-state index contributed by atoms with van der Waals surface area (Å²) in [7, 11) is 4.85. The number of amides is 6. The van der Waals surface area contributed by atoms with Crippen LogP contribution in [0.1, 0.15) is 253 Å². The largest absolute Gasteiger partial charge is 0.540 e. The molecule has 9 heterocycles. The molecule has 30 nitrogen and oxygen atoms in total. The van der Waals surface area contributed by atoms with Gasteiger partial charge in [0, 0.05) is 97.5 Å². The van der Waals surface area contributed by atoms with Gasteiger partial charge in [-0.25, -0.2) is 63.1 Å². The molecule has 0 spiro atoms. The first-order valence-corrected chi connectivity index (χ1v) is 47.2. The Morgan fingerprint density at radius 3 is 1.05 bits per heavy atom. The van der Waals surface area contributed by atoms with Gasteiger partial charge in [0.25, 0.3) is 0 Å². The third-order valence-corrected chi connectivity index (χ3v) is 29.8. The molecule has 33 heteroatoms. The van der Waals surface area contributed by atoms with Crippen LogP contribution in [0.3, 0.4) is 0 Å². The third kappa shape index (κ3) is 21.8. The van der Waals surface area contributed by atoms with Crippen molar-refractivity contribution in [1.29, 1.82) is 0 Å². The summed E-state index contributed by atoms with van der Waals surface area (Å²) in [6.07, 6.45) is 21.6. The molecule has 3 aromatic heterocycles. The van der Waals surface area contributed by atoms with Gasteiger partial charge in [-0.2, -0.15) is 0 Å². The van der Waals surface area contributed by atoms with Gasteiger partial charge in [-0.3, -0.25) is 14.4 Å². The van der Waals surface area contributed by atoms with E-state index in [2.05, 4.69) is 34.8 Å². The molecule has 3 saturated heterocycles. The zero-order valence-electron chi connectivity index (χ0n) is 79.0. The Labute approximate surface area is 810 Å². The molecular weight excluding hydrogens is 1800 g/mol. The molecule has 18 rings (SSSR count). The number of rotatable bonds is 9. The minimum atomic E-state index is -0.900. The zero-order valence-corrected chi connectivity index (χ0v) is 83.1. The number of carbonyl (C=O) groups excluding carboxylic acids is 9. The second-order valence-electron chi connectivity index (χ2n) is 41.8. The summed E-state index contributed by atoms with van der Waals surface area (Å²) >= 11 is 0. The number of nitrogens with one attached hydrogen (secondary N) is 3. The summed E-state index contributed by atoms with van der Waals surface area (Å²) in [5.74, 6) is 4.63. The van der Waals surface area contributed by atoms with Gasteiger partial charge in [0.2, 0.25) is 35.4 Å². The van der Waals surface area contributed by atoms with E-state index in [0.717, 1.165) is 143 Å². The SMILES string of the molecule is CC[C@@H]1[C@@H]2CN(C(=O)[C@H](C(C)(C)C)NC(=O)O[C@@H]3CCC[C@H]3CCCC3CC3c3nc4ccc(OC)cc4nc3O2)[C@@H]1[C-]=O.CC[C@@H]1[C@@H]2CN(C(=O)[C@H](C(C)(C)C)NC(=O)O[C@@H]3C[C@H]3CCCC3CC3c3nc4ccc(OC)cc4nc3O2)[C@@H]1[C-]=O.CC[C@@H]1[C@@H]2CN(C(=O)[C@H](C(C)(C)C)NC(=O)O[C@]3(C)C[C@H]3CCCC3CC3c3nc4ccc(OC)cc4nc3O2)[C@@H]1[C-]=O.[V].[V].[V]. The van der Waals surface area contributed by atoms with Gasteiger partial charge in [-0.15, -0.1) is 0 Å². The predicted octanol–water partition coefficient (Wildman–Crippen LogP) is 14.8. The first kappa shape index (κ1) is 101. The van der Waals surface area contributed by atoms with Crippen LogP contribution in [-0.4, -0.2) is 213 Å². The van der Waals surface area contributed by atoms with E-state index in [4.69, 9.17) is 72.5 Å². The number of carbonyl (C=O) groups is 6. The van der Waals surface area contributed by atoms with Crippen LogP contribution in [0.25, 0.3) is 33.1 Å². The Bertz CT molecular complexity index is 5230. The molecule has 6 unspecified atom stereocenters. The van der Waals surface area contributed by atoms with Crippen LogP contribution in [-0.2, 0) is 98.6 Å². The first-order valence-electron chi connectivity index (χ1n) is 47.2. The molecule has 6 saturated carbocycles. The van der Waals surface area contributed by atoms with Crippen LogP contribution in [0.4, 0.5) is 14.4 Å². The normalized spacial score (nSPS) is 32.6. The smallest absolute Gasteiger partial charge is 0.408 e. The third-order valence-electron chi connectivity index (χ3n) is 29.8. The van der Waals surface area contributed by atoms with Crippen LogP contribution in [0.5, 0.6) is 34.9 Å². The monoisotopic (exact) mass is 1930 g/mol. The van der Waals surface area contributed by atoms with Crippen molar-refractivity contribution in [2.45, 2.75) is 309 Å². The molecule has 3 aromatic carbocycles. The molecule has 6 aromatic rings. The fourth-order valence-electron chi connectivity index (χ4n) is 21.6. The second-order valence-corrected chi connectivity index (χ2v) is 41.8. The first-order chi connectivity index (χ1) is 61.7. The topological polar surface area (TPSA) is 360 Å². The molecule has 24 atom stereocenters. The maximum absolute atomic E-state index is 14.2. The average Bonchev–Trinajstić information content (AvgIpc) is 1.54. The van der Waals surface area contributed by atoms with E-state index in [-0.39, 0.29) is 141 Å². The van der Waals surface area contributed by atoms with E-state index in [0.29, 0.717) is 106 Å². The van der Waals surface area contributed by atoms with E-state index >= 15 is 0 Å². The van der Waals surface area contributed by atoms with Crippen LogP contribution < -0.4 is 44.4 Å². The molecule has 6 bridgehead atoms. The fraction of sp³-hybridized carbons (Fsp3) is 0.667. The Morgan fingerprint density at radius 2 is 0.712 bits per heavy atom. The Balaban J connectivity index is 0.000000166. The minimum absolute atomic E-state index is 0. The van der Waals surface area contributed by atoms with Crippen molar-refractivity contribution >= 4 is 88.0 Å². The number of benzene rings is 3. The van der Waals surface area contributed by atoms with E-state index in [1.807, 2.05) is 145 Å². The molecule has 6 amide bonds. The minimum Gasteiger partial charge on any atom is -0.540 e. The number of alkyl carbamates (subject to hydrolysis) is 3. The standard InChI is InChI=1S/C34H45N4O6.C33H43N4O6.C32H41N4O6.3V/c1-6-22-26(18-39)38-17-28(22)43-31-29(35-24-14-13-21(42-5)16-25(24)36-31)23-15-20(23)11-7-9-19-10-8-12-27(19)44-33(41)37-30(32(38)40)34(2,3)4;1-7-21-25(17-38)37-16-26(21)42-29-27(34-23-12-11-20(41-6)14-24(23)35-29)22-13-18(22)9-8-10-19-15-33(19,5)43-31(40)36-28(30(37)39)32(2,3)4;1-6-20-24(16-37)36-15-26(20)41-29-27(33-22-11-10-19(40-5)14-23(22)34-29)21-12-17(21)8-7-9-18-13-25(18)42-31(39)35-28(30(36)38)32(2,3)4;;;/h13-14,16,19-20,22-23,26-28,30H,6-12,15,17H2,1-5H3,(H,37,41);11-12,14,18-19,21-22,25-26,28H,7-10,13,15-16H2,1-6H3,(H,36,40);10-11,14,17-18,20-21,24-26,28H,6-9,12-13,15H2,1-5H3,(H,35,39);;;/q3*-1;;;/t19-,20?,22+,23?,26-,27-,28+,30-;18?,19-,21+,22?,25-,26+,28-,33-;17?,18-,20+,21?,24-,25-,26+,28-;;;/m111.../s1. The summed E-state index contributed by atoms with van der Waals surface area (Å²) in [4.78, 5) is 153. The van der Waals surface area contributed by atoms with E-state index in [9.17, 15) is 43.2 Å². The van der Waals surface area contributed by atoms with Gasteiger partial charge in [0.05, 0.1) is 74.1 Å². The van der Waals surface area contributed by atoms with Crippen molar-refractivity contribution in [2.75, 3.05) is 41.0 Å². The van der Waals surface area contributed by atoms with Gasteiger partial charge in [0.15, 0.2) is 0 Å². The van der Waals surface area contributed by atoms with Gasteiger partial charge in [-0.05, 0) is 197 Å². The Kier molecular flexibility index (Phi) is 31.5. The number of hydrogen-bond donors (Lipinski definition) is 3. The molecule has 6 aliphatic carbocycles. The van der Waals surface area contributed by atoms with Crippen LogP contribution >= 0.6 is 0 Å². The summed E-state index contributed by atoms with van der Waals surface area (Å²) < 4.78 is 53.9. The number of hydrogen-bond acceptors (Lipinski definition) is 24. The van der Waals surface area contributed by atoms with Gasteiger partial charge in [-0.1, -0.05) is 140 Å². The molecule has 12 aliphatic rings. The fourth-order valence-corrected chi connectivity index (χ4v) is 21.6. The molecule has 6 aliphatic heterocycles. The quantitative estimate of drug-likeness (QED) is 0.0894. The summed E-state index contributed by atoms with van der Waals surface area (Å²) in [5.41, 5.74) is 4.47. The zero-order chi connectivity index (χ0) is 91.6. The molecule has 9 fully saturated rings. The van der Waals surface area contributed by atoms with Crippen molar-refractivity contribution in [3.8, 4) is 34.9 Å². The average molecular weight is 1930 g/mol. The Hall–Kier alpha value is -8.54. The molecule has 132 heavy (non-hydrogen) atoms. The van der Waals surface area contributed by atoms with Crippen molar-refractivity contribution in [3.05, 3.63) is 71.7 Å². The Morgan fingerprint density at radius 1 is 0.394 bits per heavy atom. The van der Waals surface area contributed by atoms with Crippen molar-refractivity contribution < 1.29 is 141 Å². The van der Waals surface area contributed by atoms with E-state index < -0.39 is 94.7 Å². The maximum Gasteiger partial charge on any atom is 0.408 e. The van der Waals surface area contributed by atoms with Crippen molar-refractivity contribution in [2.24, 2.45) is 69.5 Å². The van der Waals surface area contributed by atoms with Gasteiger partial charge < -0.3 is 87.7 Å². The van der Waals surface area contributed by atoms with E-state index in [1.54, 1.807) is 21.3 Å². The number of aromatic nitrogens is 6. The number of ether oxygens (including phenoxy) is 9. The van der Waals surface area contributed by atoms with Crippen LogP contribution in [0, 0.1) is 69.5 Å². The number of fused-ring (bicyclic) bond motifs is 21. The molecule has 3 radical (unpaired) electrons. The van der Waals surface area contributed by atoms with Crippen LogP contribution in [0.15, 0.2) is 54.6 Å². The summed E-state index contributed by atoms with van der Waals surface area (Å²) in [6, 6.07) is 11.8. The summed E-state index contributed by atoms with van der Waals surface area (Å²) in [6.45, 7) is 25.5. The molecular formula is C99H129N12O18V3-3. The van der Waals surface area contributed by atoms with E-state index in [1.165, 1.54) is 14.7 Å². The summed E-state index contributed by atoms with van der Waals surface area (Å²) in [5, 5.41) is 8.57.